The lowest BCUT2D eigenvalue weighted by atomic mass is 9.95. The van der Waals surface area contributed by atoms with Crippen molar-refractivity contribution in [3.63, 3.8) is 0 Å². The van der Waals surface area contributed by atoms with Crippen LogP contribution in [0.3, 0.4) is 0 Å². The highest BCUT2D eigenvalue weighted by Crippen LogP contribution is 2.35. The standard InChI is InChI=1S/C38H35NO2/c1-28-9-17-34(18-10-28)38(33-7-5-4-6-8-33)27-32-15-23-37(24-16-32)39(35-19-11-29(2)12-20-35)36-21-13-31(14-22-36)25-26-41-30(3)40/h4-24,27H,25-26H2,1-3H3. The van der Waals surface area contributed by atoms with E-state index >= 15 is 0 Å². The number of ether oxygens (including phenoxy) is 1. The fourth-order valence-corrected chi connectivity index (χ4v) is 4.84. The van der Waals surface area contributed by atoms with Gasteiger partial charge in [0.05, 0.1) is 6.61 Å². The van der Waals surface area contributed by atoms with Crippen molar-refractivity contribution in [1.82, 2.24) is 0 Å². The fraction of sp³-hybridized carbons (Fsp3) is 0.132. The molecule has 0 aliphatic heterocycles. The van der Waals surface area contributed by atoms with Crippen LogP contribution < -0.4 is 4.90 Å². The molecule has 3 heteroatoms. The Balaban J connectivity index is 1.48. The topological polar surface area (TPSA) is 29.5 Å². The summed E-state index contributed by atoms with van der Waals surface area (Å²) >= 11 is 0. The number of carbonyl (C=O) groups is 1. The van der Waals surface area contributed by atoms with Gasteiger partial charge in [0.15, 0.2) is 0 Å². The number of hydrogen-bond acceptors (Lipinski definition) is 3. The number of hydrogen-bond donors (Lipinski definition) is 0. The van der Waals surface area contributed by atoms with E-state index in [9.17, 15) is 4.79 Å². The lowest BCUT2D eigenvalue weighted by Crippen LogP contribution is -2.10. The molecule has 0 atom stereocenters. The second-order valence-corrected chi connectivity index (χ2v) is 10.3. The van der Waals surface area contributed by atoms with Crippen LogP contribution in [0.1, 0.15) is 40.3 Å². The smallest absolute Gasteiger partial charge is 0.302 e. The fourth-order valence-electron chi connectivity index (χ4n) is 4.84. The van der Waals surface area contributed by atoms with E-state index < -0.39 is 0 Å². The van der Waals surface area contributed by atoms with Crippen LogP contribution in [-0.2, 0) is 16.0 Å². The monoisotopic (exact) mass is 537 g/mol. The molecule has 5 aromatic rings. The summed E-state index contributed by atoms with van der Waals surface area (Å²) in [5, 5.41) is 0. The minimum Gasteiger partial charge on any atom is -0.466 e. The highest BCUT2D eigenvalue weighted by Gasteiger charge is 2.13. The van der Waals surface area contributed by atoms with Crippen molar-refractivity contribution in [2.45, 2.75) is 27.2 Å². The minimum atomic E-state index is -0.250. The molecular weight excluding hydrogens is 502 g/mol. The molecule has 41 heavy (non-hydrogen) atoms. The third-order valence-electron chi connectivity index (χ3n) is 7.09. The van der Waals surface area contributed by atoms with Gasteiger partial charge in [-0.2, -0.15) is 0 Å². The van der Waals surface area contributed by atoms with E-state index in [0.29, 0.717) is 13.0 Å². The van der Waals surface area contributed by atoms with Gasteiger partial charge in [-0.15, -0.1) is 0 Å². The molecule has 204 valence electrons. The molecule has 0 aromatic heterocycles. The molecule has 3 nitrogen and oxygen atoms in total. The zero-order valence-electron chi connectivity index (χ0n) is 23.9. The maximum Gasteiger partial charge on any atom is 0.302 e. The summed E-state index contributed by atoms with van der Waals surface area (Å²) in [6.45, 7) is 6.05. The Hall–Kier alpha value is -4.89. The lowest BCUT2D eigenvalue weighted by molar-refractivity contribution is -0.140. The van der Waals surface area contributed by atoms with Crippen molar-refractivity contribution in [3.05, 3.63) is 161 Å². The third-order valence-corrected chi connectivity index (χ3v) is 7.09. The molecule has 0 fully saturated rings. The quantitative estimate of drug-likeness (QED) is 0.139. The molecule has 5 aromatic carbocycles. The van der Waals surface area contributed by atoms with Gasteiger partial charge in [-0.25, -0.2) is 0 Å². The molecule has 0 heterocycles. The Morgan fingerprint density at radius 1 is 0.634 bits per heavy atom. The van der Waals surface area contributed by atoms with Crippen molar-refractivity contribution in [3.8, 4) is 0 Å². The van der Waals surface area contributed by atoms with Gasteiger partial charge in [-0.3, -0.25) is 4.79 Å². The SMILES string of the molecule is CC(=O)OCCc1ccc(N(c2ccc(C)cc2)c2ccc(C=C(c3ccccc3)c3ccc(C)cc3)cc2)cc1. The third kappa shape index (κ3) is 7.20. The number of carbonyl (C=O) groups excluding carboxylic acids is 1. The summed E-state index contributed by atoms with van der Waals surface area (Å²) < 4.78 is 5.12. The van der Waals surface area contributed by atoms with Crippen LogP contribution in [0.4, 0.5) is 17.1 Å². The molecular formula is C38H35NO2. The molecule has 0 saturated heterocycles. The Labute approximate surface area is 243 Å². The number of aryl methyl sites for hydroxylation is 2. The molecule has 0 saturated carbocycles. The minimum absolute atomic E-state index is 0.250. The molecule has 0 spiro atoms. The van der Waals surface area contributed by atoms with Gasteiger partial charge in [0.25, 0.3) is 0 Å². The van der Waals surface area contributed by atoms with Crippen molar-refractivity contribution in [2.75, 3.05) is 11.5 Å². The number of rotatable bonds is 9. The van der Waals surface area contributed by atoms with Gasteiger partial charge >= 0.3 is 5.97 Å². The average Bonchev–Trinajstić information content (AvgIpc) is 2.99. The number of esters is 1. The van der Waals surface area contributed by atoms with E-state index in [2.05, 4.69) is 152 Å². The first-order valence-electron chi connectivity index (χ1n) is 14.0. The zero-order chi connectivity index (χ0) is 28.6. The first-order valence-corrected chi connectivity index (χ1v) is 14.0. The van der Waals surface area contributed by atoms with Crippen LogP contribution in [0, 0.1) is 13.8 Å². The maximum atomic E-state index is 11.1. The molecule has 0 N–H and O–H groups in total. The number of anilines is 3. The second kappa shape index (κ2) is 13.0. The highest BCUT2D eigenvalue weighted by atomic mass is 16.5. The normalized spacial score (nSPS) is 11.2. The first-order chi connectivity index (χ1) is 20.0. The average molecular weight is 538 g/mol. The van der Waals surface area contributed by atoms with Crippen molar-refractivity contribution < 1.29 is 9.53 Å². The van der Waals surface area contributed by atoms with E-state index in [-0.39, 0.29) is 5.97 Å². The molecule has 5 rings (SSSR count). The molecule has 0 radical (unpaired) electrons. The Morgan fingerprint density at radius 3 is 1.68 bits per heavy atom. The Morgan fingerprint density at radius 2 is 1.12 bits per heavy atom. The van der Waals surface area contributed by atoms with E-state index in [0.717, 1.165) is 28.2 Å². The molecule has 0 unspecified atom stereocenters. The van der Waals surface area contributed by atoms with Crippen LogP contribution in [0.25, 0.3) is 11.6 Å². The maximum absolute atomic E-state index is 11.1. The van der Waals surface area contributed by atoms with E-state index in [1.54, 1.807) is 0 Å². The predicted octanol–water partition coefficient (Wildman–Crippen LogP) is 9.47. The van der Waals surface area contributed by atoms with Crippen LogP contribution in [-0.4, -0.2) is 12.6 Å². The number of benzene rings is 5. The summed E-state index contributed by atoms with van der Waals surface area (Å²) in [5.41, 5.74) is 11.6. The zero-order valence-corrected chi connectivity index (χ0v) is 23.9. The van der Waals surface area contributed by atoms with Gasteiger partial charge in [-0.05, 0) is 84.1 Å². The van der Waals surface area contributed by atoms with Crippen LogP contribution in [0.2, 0.25) is 0 Å². The van der Waals surface area contributed by atoms with Gasteiger partial charge in [-0.1, -0.05) is 102 Å². The predicted molar refractivity (Wildman–Crippen MR) is 171 cm³/mol. The summed E-state index contributed by atoms with van der Waals surface area (Å²) in [7, 11) is 0. The van der Waals surface area contributed by atoms with Crippen molar-refractivity contribution >= 4 is 34.7 Å². The van der Waals surface area contributed by atoms with Gasteiger partial charge in [0, 0.05) is 30.4 Å². The van der Waals surface area contributed by atoms with Gasteiger partial charge in [0.2, 0.25) is 0 Å². The highest BCUT2D eigenvalue weighted by molar-refractivity contribution is 5.91. The van der Waals surface area contributed by atoms with E-state index in [1.807, 2.05) is 0 Å². The molecule has 0 amide bonds. The van der Waals surface area contributed by atoms with Gasteiger partial charge in [0.1, 0.15) is 0 Å². The molecule has 0 aliphatic carbocycles. The Bertz CT molecular complexity index is 1600. The van der Waals surface area contributed by atoms with Crippen molar-refractivity contribution in [2.24, 2.45) is 0 Å². The largest absolute Gasteiger partial charge is 0.466 e. The van der Waals surface area contributed by atoms with Crippen molar-refractivity contribution in [1.29, 1.82) is 0 Å². The summed E-state index contributed by atoms with van der Waals surface area (Å²) in [6.07, 6.45) is 2.95. The summed E-state index contributed by atoms with van der Waals surface area (Å²) in [5.74, 6) is -0.250. The summed E-state index contributed by atoms with van der Waals surface area (Å²) in [6, 6.07) is 45.0. The van der Waals surface area contributed by atoms with E-state index in [1.165, 1.54) is 34.8 Å². The second-order valence-electron chi connectivity index (χ2n) is 10.3. The van der Waals surface area contributed by atoms with E-state index in [4.69, 9.17) is 4.74 Å². The van der Waals surface area contributed by atoms with Gasteiger partial charge < -0.3 is 9.64 Å². The van der Waals surface area contributed by atoms with Crippen LogP contribution in [0.5, 0.6) is 0 Å². The lowest BCUT2D eigenvalue weighted by Gasteiger charge is -2.26. The Kier molecular flexibility index (Phi) is 8.76. The molecule has 0 bridgehead atoms. The summed E-state index contributed by atoms with van der Waals surface area (Å²) in [4.78, 5) is 13.4. The first kappa shape index (κ1) is 27.7. The van der Waals surface area contributed by atoms with Crippen LogP contribution in [0.15, 0.2) is 127 Å². The molecule has 0 aliphatic rings. The van der Waals surface area contributed by atoms with Crippen LogP contribution >= 0.6 is 0 Å². The number of nitrogens with zero attached hydrogens (tertiary/aromatic N) is 1.